The van der Waals surface area contributed by atoms with Gasteiger partial charge in [-0.05, 0) is 25.5 Å². The molecule has 3 N–H and O–H groups in total. The molecule has 5 nitrogen and oxygen atoms in total. The van der Waals surface area contributed by atoms with E-state index in [9.17, 15) is 17.9 Å². The summed E-state index contributed by atoms with van der Waals surface area (Å²) < 4.78 is 39.3. The predicted molar refractivity (Wildman–Crippen MR) is 64.9 cm³/mol. The minimum Gasteiger partial charge on any atom is -0.399 e. The number of benzene rings is 1. The third-order valence-corrected chi connectivity index (χ3v) is 5.05. The number of aliphatic hydroxyl groups is 1. The number of nitrogens with zero attached hydrogens (tertiary/aromatic N) is 1. The average molecular weight is 274 g/mol. The van der Waals surface area contributed by atoms with Crippen LogP contribution in [0.3, 0.4) is 0 Å². The van der Waals surface area contributed by atoms with Gasteiger partial charge >= 0.3 is 0 Å². The van der Waals surface area contributed by atoms with Gasteiger partial charge in [0.1, 0.15) is 5.82 Å². The van der Waals surface area contributed by atoms with Gasteiger partial charge in [0.25, 0.3) is 0 Å². The maximum absolute atomic E-state index is 13.5. The first-order chi connectivity index (χ1) is 8.32. The van der Waals surface area contributed by atoms with Crippen molar-refractivity contribution in [3.63, 3.8) is 0 Å². The van der Waals surface area contributed by atoms with Crippen molar-refractivity contribution in [3.8, 4) is 0 Å². The summed E-state index contributed by atoms with van der Waals surface area (Å²) in [5.74, 6) is -0.645. The van der Waals surface area contributed by atoms with Crippen molar-refractivity contribution in [2.24, 2.45) is 0 Å². The van der Waals surface area contributed by atoms with Crippen LogP contribution in [-0.4, -0.2) is 37.0 Å². The maximum Gasteiger partial charge on any atom is 0.243 e. The fourth-order valence-electron chi connectivity index (χ4n) is 2.01. The van der Waals surface area contributed by atoms with Crippen molar-refractivity contribution in [2.75, 3.05) is 18.8 Å². The highest BCUT2D eigenvalue weighted by Crippen LogP contribution is 2.27. The Morgan fingerprint density at radius 2 is 2.17 bits per heavy atom. The second-order valence-corrected chi connectivity index (χ2v) is 6.34. The van der Waals surface area contributed by atoms with Gasteiger partial charge in [0.15, 0.2) is 0 Å². The first kappa shape index (κ1) is 13.3. The number of anilines is 1. The number of rotatable bonds is 2. The Morgan fingerprint density at radius 1 is 1.50 bits per heavy atom. The quantitative estimate of drug-likeness (QED) is 0.768. The standard InChI is InChI=1S/C11H15FN2O3S/c1-7-10(12)4-8(13)5-11(7)18(16,17)14-3-2-9(15)6-14/h4-5,9,15H,2-3,6,13H2,1H3/t9-/m1/s1. The van der Waals surface area contributed by atoms with Crippen molar-refractivity contribution in [3.05, 3.63) is 23.5 Å². The molecule has 18 heavy (non-hydrogen) atoms. The van der Waals surface area contributed by atoms with Crippen molar-refractivity contribution in [1.29, 1.82) is 0 Å². The number of nitrogens with two attached hydrogens (primary N) is 1. The summed E-state index contributed by atoms with van der Waals surface area (Å²) in [5.41, 5.74) is 5.59. The second kappa shape index (κ2) is 4.49. The summed E-state index contributed by atoms with van der Waals surface area (Å²) in [7, 11) is -3.79. The Hall–Kier alpha value is -1.18. The smallest absolute Gasteiger partial charge is 0.243 e. The van der Waals surface area contributed by atoms with Crippen molar-refractivity contribution in [2.45, 2.75) is 24.3 Å². The summed E-state index contributed by atoms with van der Waals surface area (Å²) in [4.78, 5) is -0.130. The summed E-state index contributed by atoms with van der Waals surface area (Å²) in [5, 5.41) is 9.38. The van der Waals surface area contributed by atoms with Crippen LogP contribution in [0.4, 0.5) is 10.1 Å². The lowest BCUT2D eigenvalue weighted by atomic mass is 10.2. The van der Waals surface area contributed by atoms with Gasteiger partial charge < -0.3 is 10.8 Å². The lowest BCUT2D eigenvalue weighted by Gasteiger charge is -2.18. The third-order valence-electron chi connectivity index (χ3n) is 3.06. The van der Waals surface area contributed by atoms with Crippen LogP contribution < -0.4 is 5.73 Å². The zero-order valence-corrected chi connectivity index (χ0v) is 10.7. The third kappa shape index (κ3) is 2.21. The molecule has 1 atom stereocenters. The molecule has 1 saturated heterocycles. The first-order valence-corrected chi connectivity index (χ1v) is 7.00. The van der Waals surface area contributed by atoms with E-state index in [0.717, 1.165) is 10.4 Å². The molecule has 1 aliphatic rings. The van der Waals surface area contributed by atoms with Crippen molar-refractivity contribution >= 4 is 15.7 Å². The molecule has 1 fully saturated rings. The van der Waals surface area contributed by atoms with E-state index in [1.54, 1.807) is 0 Å². The lowest BCUT2D eigenvalue weighted by Crippen LogP contribution is -2.30. The molecule has 0 saturated carbocycles. The molecule has 7 heteroatoms. The molecule has 1 aliphatic heterocycles. The van der Waals surface area contributed by atoms with Crippen LogP contribution >= 0.6 is 0 Å². The number of sulfonamides is 1. The van der Waals surface area contributed by atoms with Crippen LogP contribution in [0.5, 0.6) is 0 Å². The van der Waals surface area contributed by atoms with Crippen LogP contribution in [0.25, 0.3) is 0 Å². The van der Waals surface area contributed by atoms with Gasteiger partial charge in [0.05, 0.1) is 11.0 Å². The molecule has 0 bridgehead atoms. The highest BCUT2D eigenvalue weighted by Gasteiger charge is 2.33. The molecule has 2 rings (SSSR count). The van der Waals surface area contributed by atoms with Gasteiger partial charge in [0, 0.05) is 24.3 Å². The molecule has 1 aromatic carbocycles. The van der Waals surface area contributed by atoms with Crippen LogP contribution in [0.1, 0.15) is 12.0 Å². The van der Waals surface area contributed by atoms with E-state index >= 15 is 0 Å². The Morgan fingerprint density at radius 3 is 2.72 bits per heavy atom. The molecule has 0 aromatic heterocycles. The Bertz CT molecular complexity index is 574. The van der Waals surface area contributed by atoms with Gasteiger partial charge in [-0.15, -0.1) is 0 Å². The Labute approximate surface area is 105 Å². The molecule has 1 heterocycles. The van der Waals surface area contributed by atoms with Gasteiger partial charge in [-0.25, -0.2) is 12.8 Å². The molecule has 0 radical (unpaired) electrons. The monoisotopic (exact) mass is 274 g/mol. The average Bonchev–Trinajstić information content (AvgIpc) is 2.70. The van der Waals surface area contributed by atoms with Crippen LogP contribution in [0.15, 0.2) is 17.0 Å². The summed E-state index contributed by atoms with van der Waals surface area (Å²) in [6.45, 7) is 1.67. The largest absolute Gasteiger partial charge is 0.399 e. The fraction of sp³-hybridized carbons (Fsp3) is 0.455. The molecule has 0 unspecified atom stereocenters. The summed E-state index contributed by atoms with van der Waals surface area (Å²) in [6.07, 6.45) is -0.269. The highest BCUT2D eigenvalue weighted by atomic mass is 32.2. The zero-order chi connectivity index (χ0) is 13.5. The van der Waals surface area contributed by atoms with E-state index < -0.39 is 21.9 Å². The minimum absolute atomic E-state index is 0.0399. The first-order valence-electron chi connectivity index (χ1n) is 5.56. The van der Waals surface area contributed by atoms with E-state index in [-0.39, 0.29) is 29.2 Å². The van der Waals surface area contributed by atoms with E-state index in [0.29, 0.717) is 6.42 Å². The van der Waals surface area contributed by atoms with E-state index in [2.05, 4.69) is 0 Å². The number of hydrogen-bond acceptors (Lipinski definition) is 4. The molecule has 100 valence electrons. The zero-order valence-electron chi connectivity index (χ0n) is 9.93. The topological polar surface area (TPSA) is 83.6 Å². The van der Waals surface area contributed by atoms with Crippen molar-refractivity contribution in [1.82, 2.24) is 4.31 Å². The lowest BCUT2D eigenvalue weighted by molar-refractivity contribution is 0.189. The number of halogens is 1. The molecule has 0 spiro atoms. The number of β-amino-alcohol motifs (C(OH)–C–C–N with tert-alkyl or cyclic N) is 1. The Kier molecular flexibility index (Phi) is 3.31. The predicted octanol–water partition coefficient (Wildman–Crippen LogP) is 0.472. The second-order valence-electron chi connectivity index (χ2n) is 4.43. The van der Waals surface area contributed by atoms with Gasteiger partial charge in [-0.3, -0.25) is 0 Å². The van der Waals surface area contributed by atoms with Gasteiger partial charge in [-0.1, -0.05) is 0 Å². The summed E-state index contributed by atoms with van der Waals surface area (Å²) >= 11 is 0. The molecular formula is C11H15FN2O3S. The number of hydrogen-bond donors (Lipinski definition) is 2. The van der Waals surface area contributed by atoms with E-state index in [1.165, 1.54) is 13.0 Å². The van der Waals surface area contributed by atoms with Crippen LogP contribution in [0, 0.1) is 12.7 Å². The SMILES string of the molecule is Cc1c(F)cc(N)cc1S(=O)(=O)N1CC[C@@H](O)C1. The molecule has 0 amide bonds. The fourth-order valence-corrected chi connectivity index (χ4v) is 3.77. The van der Waals surface area contributed by atoms with Crippen molar-refractivity contribution < 1.29 is 17.9 Å². The van der Waals surface area contributed by atoms with Crippen LogP contribution in [0.2, 0.25) is 0 Å². The maximum atomic E-state index is 13.5. The molecule has 0 aliphatic carbocycles. The summed E-state index contributed by atoms with van der Waals surface area (Å²) in [6, 6.07) is 2.34. The van der Waals surface area contributed by atoms with E-state index in [4.69, 9.17) is 5.73 Å². The normalized spacial score (nSPS) is 21.4. The minimum atomic E-state index is -3.79. The van der Waals surface area contributed by atoms with Gasteiger partial charge in [-0.2, -0.15) is 4.31 Å². The highest BCUT2D eigenvalue weighted by molar-refractivity contribution is 7.89. The molecular weight excluding hydrogens is 259 g/mol. The molecule has 1 aromatic rings. The van der Waals surface area contributed by atoms with E-state index in [1.807, 2.05) is 0 Å². The number of nitrogen functional groups attached to an aromatic ring is 1. The Balaban J connectivity index is 2.48. The number of aliphatic hydroxyl groups excluding tert-OH is 1. The van der Waals surface area contributed by atoms with Crippen LogP contribution in [-0.2, 0) is 10.0 Å². The van der Waals surface area contributed by atoms with Gasteiger partial charge in [0.2, 0.25) is 10.0 Å².